The van der Waals surface area contributed by atoms with E-state index in [1.165, 1.54) is 7.11 Å². The second-order valence-corrected chi connectivity index (χ2v) is 6.46. The number of halogens is 9. The van der Waals surface area contributed by atoms with Crippen LogP contribution in [-0.4, -0.2) is 32.7 Å². The molecule has 0 saturated carbocycles. The Bertz CT molecular complexity index is 863. The maximum absolute atomic E-state index is 14.3. The Morgan fingerprint density at radius 2 is 0.966 bits per heavy atom. The molecule has 2 aromatic rings. The van der Waals surface area contributed by atoms with E-state index in [2.05, 4.69) is 4.74 Å². The van der Waals surface area contributed by atoms with Gasteiger partial charge in [-0.05, 0) is 0 Å². The molecule has 2 rings (SSSR count). The van der Waals surface area contributed by atoms with Gasteiger partial charge in [-0.3, -0.25) is 0 Å². The van der Waals surface area contributed by atoms with Gasteiger partial charge in [-0.1, -0.05) is 0 Å². The standard InChI is InChI=1S/C17H11F9O2S/c1-27-2-3-28-4-5-29-17-15(25)10(20)7(11(21)16(17)26)6-8(18)12(22)14(24)13(23)9(6)19/h2-5H2,1H3. The molecule has 0 bridgehead atoms. The molecule has 29 heavy (non-hydrogen) atoms. The van der Waals surface area contributed by atoms with Crippen LogP contribution in [-0.2, 0) is 9.47 Å². The van der Waals surface area contributed by atoms with Gasteiger partial charge in [0.05, 0.1) is 35.8 Å². The SMILES string of the molecule is COCCOCCSc1c(F)c(F)c(-c2c(F)c(F)c(F)c(F)c2F)c(F)c1F. The van der Waals surface area contributed by atoms with Crippen LogP contribution in [0.1, 0.15) is 0 Å². The molecule has 2 aromatic carbocycles. The van der Waals surface area contributed by atoms with Crippen LogP contribution < -0.4 is 0 Å². The third-order valence-electron chi connectivity index (χ3n) is 3.59. The summed E-state index contributed by atoms with van der Waals surface area (Å²) in [6, 6.07) is 0. The van der Waals surface area contributed by atoms with E-state index in [1.54, 1.807) is 0 Å². The minimum absolute atomic E-state index is 0.0878. The molecule has 0 radical (unpaired) electrons. The smallest absolute Gasteiger partial charge is 0.200 e. The molecule has 12 heteroatoms. The summed E-state index contributed by atoms with van der Waals surface area (Å²) >= 11 is 0.290. The normalized spacial score (nSPS) is 11.4. The third kappa shape index (κ3) is 4.48. The lowest BCUT2D eigenvalue weighted by Gasteiger charge is -2.14. The van der Waals surface area contributed by atoms with Crippen molar-refractivity contribution >= 4 is 11.8 Å². The summed E-state index contributed by atoms with van der Waals surface area (Å²) in [5.74, 6) is -21.8. The predicted octanol–water partition coefficient (Wildman–Crippen LogP) is 5.36. The maximum atomic E-state index is 14.3. The van der Waals surface area contributed by atoms with Gasteiger partial charge in [0.2, 0.25) is 5.82 Å². The first-order valence-corrected chi connectivity index (χ1v) is 8.70. The highest BCUT2D eigenvalue weighted by Gasteiger charge is 2.34. The molecule has 0 heterocycles. The van der Waals surface area contributed by atoms with Gasteiger partial charge in [0.25, 0.3) is 0 Å². The molecule has 0 N–H and O–H groups in total. The summed E-state index contributed by atoms with van der Waals surface area (Å²) in [6.07, 6.45) is 0. The number of benzene rings is 2. The van der Waals surface area contributed by atoms with Crippen molar-refractivity contribution in [1.29, 1.82) is 0 Å². The van der Waals surface area contributed by atoms with E-state index in [0.29, 0.717) is 0 Å². The van der Waals surface area contributed by atoms with Crippen molar-refractivity contribution in [3.63, 3.8) is 0 Å². The Labute approximate surface area is 162 Å². The van der Waals surface area contributed by atoms with Crippen molar-refractivity contribution in [1.82, 2.24) is 0 Å². The van der Waals surface area contributed by atoms with Crippen molar-refractivity contribution in [2.45, 2.75) is 4.90 Å². The second kappa shape index (κ2) is 9.72. The zero-order chi connectivity index (χ0) is 21.9. The molecule has 0 saturated heterocycles. The van der Waals surface area contributed by atoms with Crippen LogP contribution in [0.15, 0.2) is 4.90 Å². The van der Waals surface area contributed by atoms with Gasteiger partial charge >= 0.3 is 0 Å². The molecule has 2 nitrogen and oxygen atoms in total. The third-order valence-corrected chi connectivity index (χ3v) is 4.61. The summed E-state index contributed by atoms with van der Waals surface area (Å²) in [6.45, 7) is 0.284. The predicted molar refractivity (Wildman–Crippen MR) is 84.9 cm³/mol. The van der Waals surface area contributed by atoms with E-state index >= 15 is 0 Å². The van der Waals surface area contributed by atoms with E-state index in [9.17, 15) is 39.5 Å². The zero-order valence-corrected chi connectivity index (χ0v) is 15.3. The molecule has 0 aliphatic carbocycles. The summed E-state index contributed by atoms with van der Waals surface area (Å²) in [5.41, 5.74) is -4.16. The second-order valence-electron chi connectivity index (χ2n) is 5.36. The molecule has 0 spiro atoms. The Morgan fingerprint density at radius 3 is 1.41 bits per heavy atom. The topological polar surface area (TPSA) is 18.5 Å². The molecule has 0 aliphatic rings. The Kier molecular flexibility index (Phi) is 7.83. The minimum Gasteiger partial charge on any atom is -0.382 e. The van der Waals surface area contributed by atoms with E-state index in [1.807, 2.05) is 0 Å². The molecular weight excluding hydrogens is 439 g/mol. The van der Waals surface area contributed by atoms with Crippen LogP contribution in [0.5, 0.6) is 0 Å². The fraction of sp³-hybridized carbons (Fsp3) is 0.294. The number of thioether (sulfide) groups is 1. The summed E-state index contributed by atoms with van der Waals surface area (Å²) in [7, 11) is 1.40. The average molecular weight is 450 g/mol. The van der Waals surface area contributed by atoms with Crippen LogP contribution >= 0.6 is 11.8 Å². The van der Waals surface area contributed by atoms with Crippen molar-refractivity contribution in [2.75, 3.05) is 32.7 Å². The first-order chi connectivity index (χ1) is 13.6. The van der Waals surface area contributed by atoms with Crippen LogP contribution in [0.25, 0.3) is 11.1 Å². The van der Waals surface area contributed by atoms with E-state index in [0.717, 1.165) is 0 Å². The fourth-order valence-corrected chi connectivity index (χ4v) is 3.07. The lowest BCUT2D eigenvalue weighted by molar-refractivity contribution is 0.0790. The average Bonchev–Trinajstić information content (AvgIpc) is 2.70. The van der Waals surface area contributed by atoms with Crippen molar-refractivity contribution < 1.29 is 49.0 Å². The van der Waals surface area contributed by atoms with Gasteiger partial charge in [-0.25, -0.2) is 39.5 Å². The molecular formula is C17H11F9O2S. The lowest BCUT2D eigenvalue weighted by atomic mass is 10.0. The number of ether oxygens (including phenoxy) is 2. The largest absolute Gasteiger partial charge is 0.382 e. The van der Waals surface area contributed by atoms with Crippen LogP contribution in [0, 0.1) is 52.4 Å². The Balaban J connectivity index is 2.48. The summed E-state index contributed by atoms with van der Waals surface area (Å²) < 4.78 is 134. The van der Waals surface area contributed by atoms with E-state index in [-0.39, 0.29) is 37.3 Å². The zero-order valence-electron chi connectivity index (χ0n) is 14.5. The summed E-state index contributed by atoms with van der Waals surface area (Å²) in [5, 5.41) is 0. The van der Waals surface area contributed by atoms with E-state index < -0.39 is 68.4 Å². The van der Waals surface area contributed by atoms with Crippen LogP contribution in [0.2, 0.25) is 0 Å². The first kappa shape index (κ1) is 23.4. The number of hydrogen-bond donors (Lipinski definition) is 0. The number of methoxy groups -OCH3 is 1. The molecule has 0 amide bonds. The van der Waals surface area contributed by atoms with Gasteiger partial charge in [-0.15, -0.1) is 11.8 Å². The van der Waals surface area contributed by atoms with Gasteiger partial charge in [0.1, 0.15) is 0 Å². The molecule has 0 atom stereocenters. The molecule has 0 aromatic heterocycles. The van der Waals surface area contributed by atoms with Crippen LogP contribution in [0.3, 0.4) is 0 Å². The molecule has 0 aliphatic heterocycles. The number of rotatable bonds is 8. The number of hydrogen-bond acceptors (Lipinski definition) is 3. The first-order valence-electron chi connectivity index (χ1n) is 7.72. The Hall–Kier alpha value is -1.92. The van der Waals surface area contributed by atoms with Crippen LogP contribution in [0.4, 0.5) is 39.5 Å². The fourth-order valence-electron chi connectivity index (χ4n) is 2.23. The Morgan fingerprint density at radius 1 is 0.552 bits per heavy atom. The van der Waals surface area contributed by atoms with E-state index in [4.69, 9.17) is 4.74 Å². The molecule has 160 valence electrons. The van der Waals surface area contributed by atoms with Crippen molar-refractivity contribution in [3.05, 3.63) is 52.4 Å². The van der Waals surface area contributed by atoms with Crippen molar-refractivity contribution in [2.24, 2.45) is 0 Å². The van der Waals surface area contributed by atoms with Gasteiger partial charge < -0.3 is 9.47 Å². The molecule has 0 fully saturated rings. The monoisotopic (exact) mass is 450 g/mol. The lowest BCUT2D eigenvalue weighted by Crippen LogP contribution is -2.10. The maximum Gasteiger partial charge on any atom is 0.200 e. The quantitative estimate of drug-likeness (QED) is 0.177. The summed E-state index contributed by atoms with van der Waals surface area (Å²) in [4.78, 5) is -1.18. The minimum atomic E-state index is -2.61. The highest BCUT2D eigenvalue weighted by atomic mass is 32.2. The molecule has 0 unspecified atom stereocenters. The highest BCUT2D eigenvalue weighted by molar-refractivity contribution is 7.99. The van der Waals surface area contributed by atoms with Gasteiger partial charge in [-0.2, -0.15) is 0 Å². The van der Waals surface area contributed by atoms with Gasteiger partial charge in [0, 0.05) is 12.9 Å². The van der Waals surface area contributed by atoms with Crippen molar-refractivity contribution in [3.8, 4) is 11.1 Å². The highest BCUT2D eigenvalue weighted by Crippen LogP contribution is 2.39. The van der Waals surface area contributed by atoms with Gasteiger partial charge in [0.15, 0.2) is 46.5 Å².